The average Bonchev–Trinajstić information content (AvgIpc) is 3.52. The van der Waals surface area contributed by atoms with Crippen LogP contribution < -0.4 is 4.74 Å². The van der Waals surface area contributed by atoms with Crippen LogP contribution >= 0.6 is 0 Å². The van der Waals surface area contributed by atoms with Crippen molar-refractivity contribution in [3.05, 3.63) is 71.8 Å². The standard InChI is InChI=1S/C21H20N6O3/c1-26-11-14(10-24-26)17-9-18(30-25-17)21(28)27-8-7-16-19(23-12-22-16)20(27)13-3-5-15(29-2)6-4-13/h3-6,9-12,20H,7-8H2,1-2H3,(H,22,23)/t20-/m0/s1. The second-order valence-electron chi connectivity index (χ2n) is 7.17. The minimum atomic E-state index is -0.328. The molecular weight excluding hydrogens is 384 g/mol. The van der Waals surface area contributed by atoms with E-state index in [0.29, 0.717) is 18.7 Å². The van der Waals surface area contributed by atoms with Crippen LogP contribution in [0.15, 0.2) is 53.6 Å². The van der Waals surface area contributed by atoms with Gasteiger partial charge in [-0.2, -0.15) is 5.10 Å². The van der Waals surface area contributed by atoms with Crippen LogP contribution in [0.5, 0.6) is 5.75 Å². The molecule has 9 heteroatoms. The van der Waals surface area contributed by atoms with E-state index in [4.69, 9.17) is 9.26 Å². The minimum Gasteiger partial charge on any atom is -0.497 e. The number of benzene rings is 1. The van der Waals surface area contributed by atoms with E-state index in [1.807, 2.05) is 37.5 Å². The molecule has 0 saturated carbocycles. The highest BCUT2D eigenvalue weighted by molar-refractivity contribution is 5.93. The molecule has 1 aliphatic rings. The van der Waals surface area contributed by atoms with Crippen LogP contribution in [0.25, 0.3) is 11.3 Å². The van der Waals surface area contributed by atoms with Gasteiger partial charge in [0.15, 0.2) is 0 Å². The number of aryl methyl sites for hydroxylation is 1. The fraction of sp³-hybridized carbons (Fsp3) is 0.238. The number of hydrogen-bond donors (Lipinski definition) is 1. The highest BCUT2D eigenvalue weighted by Crippen LogP contribution is 2.35. The van der Waals surface area contributed by atoms with Crippen LogP contribution in [0.3, 0.4) is 0 Å². The van der Waals surface area contributed by atoms with Crippen molar-refractivity contribution >= 4 is 5.91 Å². The van der Waals surface area contributed by atoms with E-state index < -0.39 is 0 Å². The predicted octanol–water partition coefficient (Wildman–Crippen LogP) is 2.59. The van der Waals surface area contributed by atoms with Gasteiger partial charge in [0.1, 0.15) is 17.5 Å². The summed E-state index contributed by atoms with van der Waals surface area (Å²) < 4.78 is 12.4. The number of methoxy groups -OCH3 is 1. The van der Waals surface area contributed by atoms with Gasteiger partial charge in [-0.25, -0.2) is 4.98 Å². The van der Waals surface area contributed by atoms with E-state index in [0.717, 1.165) is 28.3 Å². The Morgan fingerprint density at radius 3 is 2.87 bits per heavy atom. The van der Waals surface area contributed by atoms with E-state index in [2.05, 4.69) is 20.2 Å². The zero-order chi connectivity index (χ0) is 20.7. The number of carbonyl (C=O) groups is 1. The number of nitrogens with one attached hydrogen (secondary N) is 1. The number of H-pyrrole nitrogens is 1. The maximum absolute atomic E-state index is 13.4. The maximum atomic E-state index is 13.4. The lowest BCUT2D eigenvalue weighted by atomic mass is 9.95. The molecule has 152 valence electrons. The first kappa shape index (κ1) is 18.2. The summed E-state index contributed by atoms with van der Waals surface area (Å²) in [5, 5.41) is 8.20. The summed E-state index contributed by atoms with van der Waals surface area (Å²) >= 11 is 0. The molecular formula is C21H20N6O3. The third-order valence-electron chi connectivity index (χ3n) is 5.34. The summed E-state index contributed by atoms with van der Waals surface area (Å²) in [6.45, 7) is 0.535. The lowest BCUT2D eigenvalue weighted by molar-refractivity contribution is 0.0648. The molecule has 1 atom stereocenters. The quantitative estimate of drug-likeness (QED) is 0.561. The van der Waals surface area contributed by atoms with Crippen molar-refractivity contribution in [2.45, 2.75) is 12.5 Å². The smallest absolute Gasteiger partial charge is 0.293 e. The SMILES string of the molecule is COc1ccc([C@H]2c3nc[nH]c3CCN2C(=O)c2cc(-c3cnn(C)c3)no2)cc1. The van der Waals surface area contributed by atoms with Gasteiger partial charge in [0.05, 0.1) is 25.3 Å². The number of amides is 1. The Morgan fingerprint density at radius 1 is 1.30 bits per heavy atom. The van der Waals surface area contributed by atoms with E-state index in [1.54, 1.807) is 35.3 Å². The van der Waals surface area contributed by atoms with Crippen LogP contribution in [0.1, 0.15) is 33.5 Å². The third-order valence-corrected chi connectivity index (χ3v) is 5.34. The summed E-state index contributed by atoms with van der Waals surface area (Å²) in [4.78, 5) is 22.9. The number of ether oxygens (including phenoxy) is 1. The number of aromatic amines is 1. The van der Waals surface area contributed by atoms with Gasteiger partial charge in [-0.1, -0.05) is 17.3 Å². The monoisotopic (exact) mass is 404 g/mol. The first-order valence-electron chi connectivity index (χ1n) is 9.57. The first-order chi connectivity index (χ1) is 14.6. The van der Waals surface area contributed by atoms with Gasteiger partial charge in [0, 0.05) is 43.5 Å². The molecule has 4 aromatic rings. The molecule has 1 aliphatic heterocycles. The van der Waals surface area contributed by atoms with Gasteiger partial charge in [-0.15, -0.1) is 0 Å². The Morgan fingerprint density at radius 2 is 2.13 bits per heavy atom. The fourth-order valence-electron chi connectivity index (χ4n) is 3.83. The van der Waals surface area contributed by atoms with Gasteiger partial charge in [0.2, 0.25) is 5.76 Å². The Hall–Kier alpha value is -3.88. The molecule has 30 heavy (non-hydrogen) atoms. The van der Waals surface area contributed by atoms with Gasteiger partial charge in [-0.3, -0.25) is 9.48 Å². The van der Waals surface area contributed by atoms with Crippen LogP contribution in [0, 0.1) is 0 Å². The number of imidazole rings is 1. The molecule has 0 fully saturated rings. The summed E-state index contributed by atoms with van der Waals surface area (Å²) in [6, 6.07) is 9.00. The van der Waals surface area contributed by atoms with Crippen molar-refractivity contribution in [3.8, 4) is 17.0 Å². The third kappa shape index (κ3) is 3.04. The topological polar surface area (TPSA) is 102 Å². The molecule has 0 radical (unpaired) electrons. The zero-order valence-corrected chi connectivity index (χ0v) is 16.6. The number of nitrogens with zero attached hydrogens (tertiary/aromatic N) is 5. The van der Waals surface area contributed by atoms with Crippen molar-refractivity contribution < 1.29 is 14.1 Å². The molecule has 1 N–H and O–H groups in total. The maximum Gasteiger partial charge on any atom is 0.293 e. The zero-order valence-electron chi connectivity index (χ0n) is 16.6. The lowest BCUT2D eigenvalue weighted by Crippen LogP contribution is -2.40. The van der Waals surface area contributed by atoms with Crippen LogP contribution in [-0.4, -0.2) is 49.4 Å². The number of rotatable bonds is 4. The lowest BCUT2D eigenvalue weighted by Gasteiger charge is -2.34. The molecule has 0 unspecified atom stereocenters. The molecule has 1 amide bonds. The Bertz CT molecular complexity index is 1190. The molecule has 0 spiro atoms. The van der Waals surface area contributed by atoms with Crippen molar-refractivity contribution in [2.75, 3.05) is 13.7 Å². The second-order valence-corrected chi connectivity index (χ2v) is 7.17. The molecule has 5 rings (SSSR count). The second kappa shape index (κ2) is 7.18. The Kier molecular flexibility index (Phi) is 4.35. The van der Waals surface area contributed by atoms with Crippen molar-refractivity contribution in [1.29, 1.82) is 0 Å². The average molecular weight is 404 g/mol. The van der Waals surface area contributed by atoms with Gasteiger partial charge < -0.3 is 19.1 Å². The molecule has 1 aromatic carbocycles. The molecule has 0 saturated heterocycles. The van der Waals surface area contributed by atoms with Gasteiger partial charge in [-0.05, 0) is 17.7 Å². The molecule has 4 heterocycles. The summed E-state index contributed by atoms with van der Waals surface area (Å²) in [6.07, 6.45) is 5.87. The van der Waals surface area contributed by atoms with Crippen molar-refractivity contribution in [3.63, 3.8) is 0 Å². The Balaban J connectivity index is 1.50. The van der Waals surface area contributed by atoms with E-state index in [-0.39, 0.29) is 17.7 Å². The van der Waals surface area contributed by atoms with Crippen LogP contribution in [-0.2, 0) is 13.5 Å². The largest absolute Gasteiger partial charge is 0.497 e. The van der Waals surface area contributed by atoms with E-state index in [1.165, 1.54) is 0 Å². The van der Waals surface area contributed by atoms with Crippen LogP contribution in [0.2, 0.25) is 0 Å². The molecule has 9 nitrogen and oxygen atoms in total. The van der Waals surface area contributed by atoms with E-state index >= 15 is 0 Å². The predicted molar refractivity (Wildman–Crippen MR) is 107 cm³/mol. The van der Waals surface area contributed by atoms with Crippen molar-refractivity contribution in [2.24, 2.45) is 7.05 Å². The highest BCUT2D eigenvalue weighted by atomic mass is 16.5. The van der Waals surface area contributed by atoms with Gasteiger partial charge in [0.25, 0.3) is 5.91 Å². The minimum absolute atomic E-state index is 0.186. The number of fused-ring (bicyclic) bond motifs is 1. The number of aromatic nitrogens is 5. The normalized spacial score (nSPS) is 15.8. The number of carbonyl (C=O) groups excluding carboxylic acids is 1. The number of hydrogen-bond acceptors (Lipinski definition) is 6. The summed E-state index contributed by atoms with van der Waals surface area (Å²) in [5.74, 6) is 0.712. The molecule has 3 aromatic heterocycles. The fourth-order valence-corrected chi connectivity index (χ4v) is 3.83. The summed E-state index contributed by atoms with van der Waals surface area (Å²) in [7, 11) is 3.45. The van der Waals surface area contributed by atoms with Crippen molar-refractivity contribution in [1.82, 2.24) is 29.8 Å². The molecule has 0 aliphatic carbocycles. The highest BCUT2D eigenvalue weighted by Gasteiger charge is 2.36. The van der Waals surface area contributed by atoms with Crippen LogP contribution in [0.4, 0.5) is 0 Å². The van der Waals surface area contributed by atoms with E-state index in [9.17, 15) is 4.79 Å². The Labute approximate surface area is 172 Å². The summed E-state index contributed by atoms with van der Waals surface area (Å²) in [5.41, 5.74) is 4.19. The van der Waals surface area contributed by atoms with Gasteiger partial charge >= 0.3 is 0 Å². The first-order valence-corrected chi connectivity index (χ1v) is 9.57. The molecule has 0 bridgehead atoms.